The summed E-state index contributed by atoms with van der Waals surface area (Å²) in [5.41, 5.74) is 2.80. The normalized spacial score (nSPS) is 10.5. The molecular formula is C7H15N3O. The van der Waals surface area contributed by atoms with Crippen molar-refractivity contribution in [1.29, 1.82) is 0 Å². The third-order valence-corrected chi connectivity index (χ3v) is 0.814. The van der Waals surface area contributed by atoms with Gasteiger partial charge in [0.2, 0.25) is 0 Å². The zero-order chi connectivity index (χ0) is 8.53. The van der Waals surface area contributed by atoms with E-state index in [9.17, 15) is 0 Å². The van der Waals surface area contributed by atoms with E-state index in [1.165, 1.54) is 6.26 Å². The van der Waals surface area contributed by atoms with Crippen molar-refractivity contribution < 1.29 is 4.74 Å². The molecule has 1 N–H and O–H groups in total. The number of rotatable bonds is 6. The first-order valence-corrected chi connectivity index (χ1v) is 3.62. The zero-order valence-electron chi connectivity index (χ0n) is 7.08. The Labute approximate surface area is 67.3 Å². The summed E-state index contributed by atoms with van der Waals surface area (Å²) >= 11 is 0. The molecule has 0 saturated heterocycles. The minimum Gasteiger partial charge on any atom is -0.500 e. The molecule has 0 heterocycles. The zero-order valence-corrected chi connectivity index (χ0v) is 7.08. The summed E-state index contributed by atoms with van der Waals surface area (Å²) in [6.45, 7) is 8.49. The quantitative estimate of drug-likeness (QED) is 0.275. The highest BCUT2D eigenvalue weighted by Crippen LogP contribution is 1.79. The maximum absolute atomic E-state index is 4.82. The molecule has 0 aromatic rings. The van der Waals surface area contributed by atoms with Crippen LogP contribution in [0.2, 0.25) is 0 Å². The van der Waals surface area contributed by atoms with E-state index in [1.807, 2.05) is 13.8 Å². The molecule has 0 bridgehead atoms. The lowest BCUT2D eigenvalue weighted by molar-refractivity contribution is 0.258. The third kappa shape index (κ3) is 8.94. The molecule has 64 valence electrons. The second-order valence-corrected chi connectivity index (χ2v) is 2.29. The average molecular weight is 157 g/mol. The van der Waals surface area contributed by atoms with Crippen molar-refractivity contribution in [2.24, 2.45) is 10.3 Å². The van der Waals surface area contributed by atoms with Crippen LogP contribution in [0.5, 0.6) is 0 Å². The standard InChI is InChI=1S/C7H15N3O/c1-4-11-6-5-8-10-9-7(2)3/h4,7H,1,5-6H2,2-3H3,(H,8,9). The van der Waals surface area contributed by atoms with Gasteiger partial charge in [0.15, 0.2) is 0 Å². The van der Waals surface area contributed by atoms with Crippen LogP contribution in [0.25, 0.3) is 0 Å². The molecule has 4 heteroatoms. The van der Waals surface area contributed by atoms with E-state index in [2.05, 4.69) is 22.3 Å². The second kappa shape index (κ2) is 7.05. The monoisotopic (exact) mass is 157 g/mol. The van der Waals surface area contributed by atoms with Crippen LogP contribution in [-0.2, 0) is 4.74 Å². The average Bonchev–Trinajstić information content (AvgIpc) is 1.96. The summed E-state index contributed by atoms with van der Waals surface area (Å²) in [6, 6.07) is 0.332. The van der Waals surface area contributed by atoms with Crippen molar-refractivity contribution in [3.8, 4) is 0 Å². The van der Waals surface area contributed by atoms with Gasteiger partial charge in [-0.2, -0.15) is 5.11 Å². The lowest BCUT2D eigenvalue weighted by Gasteiger charge is -2.00. The Balaban J connectivity index is 3.09. The SMILES string of the molecule is C=COCCN=NNC(C)C. The first-order chi connectivity index (χ1) is 5.27. The highest BCUT2D eigenvalue weighted by Gasteiger charge is 1.84. The van der Waals surface area contributed by atoms with Gasteiger partial charge in [-0.3, -0.25) is 5.43 Å². The second-order valence-electron chi connectivity index (χ2n) is 2.29. The lowest BCUT2D eigenvalue weighted by Crippen LogP contribution is -2.15. The van der Waals surface area contributed by atoms with Crippen LogP contribution in [0, 0.1) is 0 Å². The largest absolute Gasteiger partial charge is 0.500 e. The fourth-order valence-electron chi connectivity index (χ4n) is 0.383. The predicted molar refractivity (Wildman–Crippen MR) is 44.1 cm³/mol. The molecular weight excluding hydrogens is 142 g/mol. The van der Waals surface area contributed by atoms with Gasteiger partial charge >= 0.3 is 0 Å². The van der Waals surface area contributed by atoms with Gasteiger partial charge in [0.05, 0.1) is 12.8 Å². The molecule has 0 aliphatic heterocycles. The van der Waals surface area contributed by atoms with Crippen LogP contribution in [0.4, 0.5) is 0 Å². The Kier molecular flexibility index (Phi) is 6.37. The van der Waals surface area contributed by atoms with Crippen molar-refractivity contribution in [2.75, 3.05) is 13.2 Å². The van der Waals surface area contributed by atoms with Gasteiger partial charge in [0, 0.05) is 6.04 Å². The molecule has 0 amide bonds. The van der Waals surface area contributed by atoms with E-state index in [-0.39, 0.29) is 0 Å². The number of nitrogens with zero attached hydrogens (tertiary/aromatic N) is 2. The summed E-state index contributed by atoms with van der Waals surface area (Å²) in [5.74, 6) is 0. The molecule has 0 aliphatic carbocycles. The molecule has 4 nitrogen and oxygen atoms in total. The predicted octanol–water partition coefficient (Wildman–Crippen LogP) is 1.51. The van der Waals surface area contributed by atoms with Crippen LogP contribution in [-0.4, -0.2) is 19.2 Å². The van der Waals surface area contributed by atoms with Crippen molar-refractivity contribution in [2.45, 2.75) is 19.9 Å². The van der Waals surface area contributed by atoms with E-state index < -0.39 is 0 Å². The summed E-state index contributed by atoms with van der Waals surface area (Å²) in [4.78, 5) is 0. The fourth-order valence-corrected chi connectivity index (χ4v) is 0.383. The van der Waals surface area contributed by atoms with Crippen LogP contribution in [0.3, 0.4) is 0 Å². The van der Waals surface area contributed by atoms with Gasteiger partial charge < -0.3 is 4.74 Å². The summed E-state index contributed by atoms with van der Waals surface area (Å²) in [6.07, 6.45) is 1.39. The van der Waals surface area contributed by atoms with E-state index in [0.717, 1.165) is 0 Å². The number of hydrogen-bond acceptors (Lipinski definition) is 3. The molecule has 0 aliphatic rings. The van der Waals surface area contributed by atoms with E-state index in [0.29, 0.717) is 19.2 Å². The van der Waals surface area contributed by atoms with Gasteiger partial charge in [0.25, 0.3) is 0 Å². The highest BCUT2D eigenvalue weighted by atomic mass is 16.5. The van der Waals surface area contributed by atoms with Gasteiger partial charge in [-0.05, 0) is 13.8 Å². The maximum atomic E-state index is 4.82. The van der Waals surface area contributed by atoms with E-state index >= 15 is 0 Å². The minimum atomic E-state index is 0.332. The lowest BCUT2D eigenvalue weighted by atomic mass is 10.4. The fraction of sp³-hybridized carbons (Fsp3) is 0.714. The molecule has 0 saturated carbocycles. The van der Waals surface area contributed by atoms with Gasteiger partial charge in [-0.15, -0.1) is 0 Å². The number of hydrogen-bond donors (Lipinski definition) is 1. The molecule has 0 radical (unpaired) electrons. The van der Waals surface area contributed by atoms with Crippen LogP contribution in [0.15, 0.2) is 23.2 Å². The molecule has 0 unspecified atom stereocenters. The van der Waals surface area contributed by atoms with Crippen molar-refractivity contribution in [3.63, 3.8) is 0 Å². The Bertz CT molecular complexity index is 123. The molecule has 11 heavy (non-hydrogen) atoms. The number of nitrogens with one attached hydrogen (secondary N) is 1. The van der Waals surface area contributed by atoms with Crippen molar-refractivity contribution in [3.05, 3.63) is 12.8 Å². The molecule has 0 atom stereocenters. The summed E-state index contributed by atoms with van der Waals surface area (Å²) in [7, 11) is 0. The molecule has 0 fully saturated rings. The third-order valence-electron chi connectivity index (χ3n) is 0.814. The Morgan fingerprint density at radius 2 is 2.36 bits per heavy atom. The smallest absolute Gasteiger partial charge is 0.109 e. The first-order valence-electron chi connectivity index (χ1n) is 3.62. The highest BCUT2D eigenvalue weighted by molar-refractivity contribution is 4.49. The summed E-state index contributed by atoms with van der Waals surface area (Å²) < 4.78 is 4.82. The Morgan fingerprint density at radius 1 is 1.64 bits per heavy atom. The molecule has 0 aromatic heterocycles. The van der Waals surface area contributed by atoms with Gasteiger partial charge in [-0.1, -0.05) is 11.8 Å². The van der Waals surface area contributed by atoms with Crippen LogP contribution >= 0.6 is 0 Å². The van der Waals surface area contributed by atoms with Crippen molar-refractivity contribution in [1.82, 2.24) is 5.43 Å². The molecule has 0 aromatic carbocycles. The topological polar surface area (TPSA) is 46.0 Å². The summed E-state index contributed by atoms with van der Waals surface area (Å²) in [5, 5.41) is 7.49. The maximum Gasteiger partial charge on any atom is 0.109 e. The minimum absolute atomic E-state index is 0.332. The first kappa shape index (κ1) is 9.94. The van der Waals surface area contributed by atoms with Crippen LogP contribution < -0.4 is 5.43 Å². The number of ether oxygens (including phenoxy) is 1. The van der Waals surface area contributed by atoms with E-state index in [1.54, 1.807) is 0 Å². The molecule has 0 rings (SSSR count). The van der Waals surface area contributed by atoms with Gasteiger partial charge in [0.1, 0.15) is 6.61 Å². The van der Waals surface area contributed by atoms with Crippen LogP contribution in [0.1, 0.15) is 13.8 Å². The Morgan fingerprint density at radius 3 is 2.91 bits per heavy atom. The van der Waals surface area contributed by atoms with E-state index in [4.69, 9.17) is 4.74 Å². The Hall–Kier alpha value is -1.06. The van der Waals surface area contributed by atoms with Crippen molar-refractivity contribution >= 4 is 0 Å². The molecule has 0 spiro atoms. The van der Waals surface area contributed by atoms with Gasteiger partial charge in [-0.25, -0.2) is 0 Å².